The molecule has 1 N–H and O–H groups in total. The third-order valence-corrected chi connectivity index (χ3v) is 3.79. The van der Waals surface area contributed by atoms with E-state index in [0.717, 1.165) is 0 Å². The Kier molecular flexibility index (Phi) is 3.43. The molecular formula is C13H11Cl2N3O3. The Morgan fingerprint density at radius 3 is 2.71 bits per heavy atom. The van der Waals surface area contributed by atoms with E-state index in [4.69, 9.17) is 27.9 Å². The summed E-state index contributed by atoms with van der Waals surface area (Å²) in [6, 6.07) is 2.77. The van der Waals surface area contributed by atoms with Crippen LogP contribution in [0.2, 0.25) is 10.0 Å². The quantitative estimate of drug-likeness (QED) is 0.873. The van der Waals surface area contributed by atoms with E-state index in [1.54, 1.807) is 22.8 Å². The number of hydrogen-bond donors (Lipinski definition) is 1. The number of aromatic nitrogens is 2. The van der Waals surface area contributed by atoms with E-state index in [1.165, 1.54) is 12.1 Å². The highest BCUT2D eigenvalue weighted by molar-refractivity contribution is 6.37. The van der Waals surface area contributed by atoms with Gasteiger partial charge >= 0.3 is 0 Å². The molecule has 0 radical (unpaired) electrons. The summed E-state index contributed by atoms with van der Waals surface area (Å²) in [5, 5.41) is 13.7. The lowest BCUT2D eigenvalue weighted by Crippen LogP contribution is -2.39. The van der Waals surface area contributed by atoms with Crippen LogP contribution in [0.15, 0.2) is 18.3 Å². The predicted octanol–water partition coefficient (Wildman–Crippen LogP) is 2.47. The third-order valence-electron chi connectivity index (χ3n) is 3.21. The largest absolute Gasteiger partial charge is 0.505 e. The van der Waals surface area contributed by atoms with Crippen LogP contribution in [0.5, 0.6) is 11.5 Å². The van der Waals surface area contributed by atoms with Gasteiger partial charge < -0.3 is 9.84 Å². The number of nitrogens with zero attached hydrogens (tertiary/aromatic N) is 3. The summed E-state index contributed by atoms with van der Waals surface area (Å²) in [5.74, 6) is 0.602. The second kappa shape index (κ2) is 5.13. The minimum absolute atomic E-state index is 0.0318. The first kappa shape index (κ1) is 14.0. The highest BCUT2D eigenvalue weighted by Crippen LogP contribution is 2.35. The lowest BCUT2D eigenvalue weighted by atomic mass is 10.1. The molecule has 2 aromatic rings. The van der Waals surface area contributed by atoms with E-state index in [9.17, 15) is 9.90 Å². The van der Waals surface area contributed by atoms with E-state index in [2.05, 4.69) is 5.10 Å². The molecule has 1 aliphatic heterocycles. The van der Waals surface area contributed by atoms with Crippen molar-refractivity contribution in [2.45, 2.75) is 0 Å². The zero-order valence-electron chi connectivity index (χ0n) is 11.0. The maximum atomic E-state index is 12.7. The fourth-order valence-electron chi connectivity index (χ4n) is 2.22. The number of halogens is 2. The van der Waals surface area contributed by atoms with Gasteiger partial charge in [-0.25, -0.2) is 4.68 Å². The minimum Gasteiger partial charge on any atom is -0.505 e. The number of fused-ring (bicyclic) bond motifs is 1. The molecule has 0 saturated carbocycles. The SMILES string of the molecule is Cn1ncc2c1N(C(=O)c1cc(Cl)c(O)c(Cl)c1)CCO2. The summed E-state index contributed by atoms with van der Waals surface area (Å²) in [5.41, 5.74) is 0.289. The molecule has 0 saturated heterocycles. The summed E-state index contributed by atoms with van der Waals surface area (Å²) in [6.45, 7) is 0.769. The van der Waals surface area contributed by atoms with Crippen LogP contribution >= 0.6 is 23.2 Å². The van der Waals surface area contributed by atoms with Gasteiger partial charge in [0, 0.05) is 12.6 Å². The zero-order chi connectivity index (χ0) is 15.1. The van der Waals surface area contributed by atoms with Gasteiger partial charge in [-0.05, 0) is 12.1 Å². The van der Waals surface area contributed by atoms with Gasteiger partial charge in [0.2, 0.25) is 0 Å². The fourth-order valence-corrected chi connectivity index (χ4v) is 2.70. The molecule has 6 nitrogen and oxygen atoms in total. The van der Waals surface area contributed by atoms with E-state index in [-0.39, 0.29) is 27.3 Å². The van der Waals surface area contributed by atoms with Gasteiger partial charge in [0.15, 0.2) is 17.3 Å². The number of amides is 1. The van der Waals surface area contributed by atoms with Crippen molar-refractivity contribution in [3.05, 3.63) is 33.9 Å². The van der Waals surface area contributed by atoms with E-state index >= 15 is 0 Å². The summed E-state index contributed by atoms with van der Waals surface area (Å²) < 4.78 is 7.02. The number of aromatic hydroxyl groups is 1. The molecule has 1 aromatic carbocycles. The number of carbonyl (C=O) groups is 1. The molecule has 1 amide bonds. The summed E-state index contributed by atoms with van der Waals surface area (Å²) in [4.78, 5) is 14.2. The van der Waals surface area contributed by atoms with Crippen molar-refractivity contribution in [2.24, 2.45) is 7.05 Å². The Bertz CT molecular complexity index is 706. The van der Waals surface area contributed by atoms with Crippen LogP contribution < -0.4 is 9.64 Å². The minimum atomic E-state index is -0.285. The molecule has 1 aromatic heterocycles. The number of ether oxygens (including phenoxy) is 1. The van der Waals surface area contributed by atoms with Crippen LogP contribution in [-0.2, 0) is 7.05 Å². The number of phenols is 1. The standard InChI is InChI=1S/C13H11Cl2N3O3/c1-17-12-10(6-16-17)21-3-2-18(12)13(20)7-4-8(14)11(19)9(15)5-7/h4-6,19H,2-3H2,1H3. The smallest absolute Gasteiger partial charge is 0.259 e. The molecule has 1 aliphatic rings. The number of anilines is 1. The van der Waals surface area contributed by atoms with Gasteiger partial charge in [0.05, 0.1) is 22.8 Å². The Morgan fingerprint density at radius 2 is 2.05 bits per heavy atom. The Labute approximate surface area is 130 Å². The monoisotopic (exact) mass is 327 g/mol. The molecule has 0 atom stereocenters. The number of rotatable bonds is 1. The predicted molar refractivity (Wildman–Crippen MR) is 78.5 cm³/mol. The highest BCUT2D eigenvalue weighted by atomic mass is 35.5. The molecule has 2 heterocycles. The molecule has 0 fully saturated rings. The van der Waals surface area contributed by atoms with Gasteiger partial charge in [-0.15, -0.1) is 0 Å². The normalized spacial score (nSPS) is 13.8. The van der Waals surface area contributed by atoms with Crippen molar-refractivity contribution in [3.8, 4) is 11.5 Å². The number of hydrogen-bond acceptors (Lipinski definition) is 4. The maximum absolute atomic E-state index is 12.7. The molecule has 21 heavy (non-hydrogen) atoms. The van der Waals surface area contributed by atoms with Crippen LogP contribution in [0.3, 0.4) is 0 Å². The lowest BCUT2D eigenvalue weighted by Gasteiger charge is -2.27. The first-order valence-electron chi connectivity index (χ1n) is 6.13. The zero-order valence-corrected chi connectivity index (χ0v) is 12.5. The molecule has 0 aliphatic carbocycles. The molecular weight excluding hydrogens is 317 g/mol. The number of benzene rings is 1. The first-order valence-corrected chi connectivity index (χ1v) is 6.89. The fraction of sp³-hybridized carbons (Fsp3) is 0.231. The number of carbonyl (C=O) groups excluding carboxylic acids is 1. The molecule has 0 unspecified atom stereocenters. The average molecular weight is 328 g/mol. The molecule has 110 valence electrons. The molecule has 0 spiro atoms. The van der Waals surface area contributed by atoms with Crippen molar-refractivity contribution < 1.29 is 14.6 Å². The van der Waals surface area contributed by atoms with Crippen molar-refractivity contribution in [1.82, 2.24) is 9.78 Å². The second-order valence-electron chi connectivity index (χ2n) is 4.55. The van der Waals surface area contributed by atoms with Crippen LogP contribution in [0.1, 0.15) is 10.4 Å². The van der Waals surface area contributed by atoms with Crippen molar-refractivity contribution in [2.75, 3.05) is 18.1 Å². The van der Waals surface area contributed by atoms with Gasteiger partial charge in [-0.1, -0.05) is 23.2 Å². The molecule has 8 heteroatoms. The van der Waals surface area contributed by atoms with Gasteiger partial charge in [0.1, 0.15) is 6.61 Å². The van der Waals surface area contributed by atoms with Gasteiger partial charge in [0.25, 0.3) is 5.91 Å². The summed E-state index contributed by atoms with van der Waals surface area (Å²) in [7, 11) is 1.73. The van der Waals surface area contributed by atoms with E-state index in [1.807, 2.05) is 0 Å². The first-order chi connectivity index (χ1) is 9.99. The lowest BCUT2D eigenvalue weighted by molar-refractivity contribution is 0.0974. The van der Waals surface area contributed by atoms with Crippen LogP contribution in [-0.4, -0.2) is 33.9 Å². The van der Waals surface area contributed by atoms with Gasteiger partial charge in [-0.2, -0.15) is 5.10 Å². The third kappa shape index (κ3) is 2.30. The highest BCUT2D eigenvalue weighted by Gasteiger charge is 2.28. The number of phenolic OH excluding ortho intramolecular Hbond substituents is 1. The van der Waals surface area contributed by atoms with E-state index in [0.29, 0.717) is 24.7 Å². The van der Waals surface area contributed by atoms with Crippen LogP contribution in [0.4, 0.5) is 5.82 Å². The Balaban J connectivity index is 2.02. The Hall–Kier alpha value is -1.92. The van der Waals surface area contributed by atoms with Crippen LogP contribution in [0, 0.1) is 0 Å². The maximum Gasteiger partial charge on any atom is 0.259 e. The number of aryl methyl sites for hydroxylation is 1. The molecule has 3 rings (SSSR count). The summed E-state index contributed by atoms with van der Waals surface area (Å²) >= 11 is 11.7. The summed E-state index contributed by atoms with van der Waals surface area (Å²) in [6.07, 6.45) is 1.56. The second-order valence-corrected chi connectivity index (χ2v) is 5.36. The topological polar surface area (TPSA) is 67.6 Å². The van der Waals surface area contributed by atoms with Gasteiger partial charge in [-0.3, -0.25) is 9.69 Å². The Morgan fingerprint density at radius 1 is 1.38 bits per heavy atom. The van der Waals surface area contributed by atoms with Crippen molar-refractivity contribution in [3.63, 3.8) is 0 Å². The molecule has 0 bridgehead atoms. The average Bonchev–Trinajstić information content (AvgIpc) is 2.85. The van der Waals surface area contributed by atoms with E-state index < -0.39 is 0 Å². The van der Waals surface area contributed by atoms with Crippen LogP contribution in [0.25, 0.3) is 0 Å². The van der Waals surface area contributed by atoms with Crippen molar-refractivity contribution >= 4 is 34.9 Å². The van der Waals surface area contributed by atoms with Crippen molar-refractivity contribution in [1.29, 1.82) is 0 Å².